The molecule has 0 spiro atoms. The van der Waals surface area contributed by atoms with Crippen LogP contribution in [0.15, 0.2) is 15.9 Å². The van der Waals surface area contributed by atoms with Gasteiger partial charge in [-0.3, -0.25) is 4.79 Å². The van der Waals surface area contributed by atoms with Gasteiger partial charge in [0, 0.05) is 7.05 Å². The molecule has 1 aromatic rings. The van der Waals surface area contributed by atoms with Gasteiger partial charge in [0.15, 0.2) is 6.04 Å². The van der Waals surface area contributed by atoms with E-state index in [1.807, 2.05) is 20.0 Å². The number of hydrogen-bond donors (Lipinski definition) is 2. The summed E-state index contributed by atoms with van der Waals surface area (Å²) in [6, 6.07) is 4.11. The maximum atomic E-state index is 11.4. The zero-order valence-electron chi connectivity index (χ0n) is 9.13. The van der Waals surface area contributed by atoms with E-state index in [0.29, 0.717) is 0 Å². The Morgan fingerprint density at radius 1 is 1.67 bits per heavy atom. The molecule has 0 aliphatic carbocycles. The second kappa shape index (κ2) is 5.63. The summed E-state index contributed by atoms with van der Waals surface area (Å²) in [6.45, 7) is 2.82. The van der Waals surface area contributed by atoms with Gasteiger partial charge in [0.1, 0.15) is 6.54 Å². The smallest absolute Gasteiger partial charge is 0.277 e. The number of rotatable bonds is 4. The summed E-state index contributed by atoms with van der Waals surface area (Å²) in [5.74, 6) is 0.0862. The molecule has 1 aromatic heterocycles. The first-order valence-electron chi connectivity index (χ1n) is 4.82. The van der Waals surface area contributed by atoms with Crippen molar-refractivity contribution in [1.82, 2.24) is 5.32 Å². The van der Waals surface area contributed by atoms with Crippen LogP contribution in [0.5, 0.6) is 0 Å². The molecule has 2 N–H and O–H groups in total. The maximum Gasteiger partial charge on any atom is 0.277 e. The first-order chi connectivity index (χ1) is 7.04. The molecule has 84 valence electrons. The quantitative estimate of drug-likeness (QED) is 0.840. The van der Waals surface area contributed by atoms with Crippen molar-refractivity contribution in [1.29, 1.82) is 0 Å². The molecule has 0 fully saturated rings. The number of amides is 1. The van der Waals surface area contributed by atoms with Crippen molar-refractivity contribution in [2.75, 3.05) is 14.1 Å². The summed E-state index contributed by atoms with van der Waals surface area (Å²) >= 11 is 5.15. The molecule has 0 bridgehead atoms. The van der Waals surface area contributed by atoms with E-state index in [4.69, 9.17) is 0 Å². The predicted molar refractivity (Wildman–Crippen MR) is 66.1 cm³/mol. The fourth-order valence-corrected chi connectivity index (χ4v) is 2.89. The third-order valence-electron chi connectivity index (χ3n) is 2.46. The Morgan fingerprint density at radius 3 is 2.80 bits per heavy atom. The van der Waals surface area contributed by atoms with Gasteiger partial charge in [0.05, 0.1) is 15.7 Å². The van der Waals surface area contributed by atoms with E-state index >= 15 is 0 Å². The van der Waals surface area contributed by atoms with Gasteiger partial charge in [-0.2, -0.15) is 0 Å². The first-order valence-corrected chi connectivity index (χ1v) is 6.43. The average molecular weight is 292 g/mol. The minimum atomic E-state index is -0.0177. The number of halogens is 1. The van der Waals surface area contributed by atoms with Gasteiger partial charge in [-0.1, -0.05) is 0 Å². The van der Waals surface area contributed by atoms with E-state index in [2.05, 4.69) is 27.3 Å². The van der Waals surface area contributed by atoms with Crippen LogP contribution in [-0.2, 0) is 11.3 Å². The summed E-state index contributed by atoms with van der Waals surface area (Å²) in [6.07, 6.45) is 0. The molecular weight excluding hydrogens is 276 g/mol. The molecule has 0 aliphatic heterocycles. The fraction of sp³-hybridized carbons (Fsp3) is 0.500. The Balaban J connectivity index is 2.55. The summed E-state index contributed by atoms with van der Waals surface area (Å²) in [5, 5.41) is 2.67. The van der Waals surface area contributed by atoms with Crippen LogP contribution < -0.4 is 10.2 Å². The van der Waals surface area contributed by atoms with E-state index in [0.717, 1.165) is 10.3 Å². The van der Waals surface area contributed by atoms with Gasteiger partial charge in [-0.25, -0.2) is 0 Å². The minimum absolute atomic E-state index is 0.0177. The van der Waals surface area contributed by atoms with Crippen LogP contribution in [0, 0.1) is 0 Å². The number of carbonyl (C=O) groups excluding carboxylic acids is 1. The highest BCUT2D eigenvalue weighted by Crippen LogP contribution is 2.21. The largest absolute Gasteiger partial charge is 0.354 e. The third kappa shape index (κ3) is 3.59. The molecular formula is C10H16BrN2OS+. The molecule has 0 aromatic carbocycles. The van der Waals surface area contributed by atoms with Crippen molar-refractivity contribution < 1.29 is 9.69 Å². The molecule has 5 heteroatoms. The van der Waals surface area contributed by atoms with Crippen LogP contribution >= 0.6 is 27.3 Å². The molecule has 1 amide bonds. The third-order valence-corrected chi connectivity index (χ3v) is 4.08. The lowest BCUT2D eigenvalue weighted by atomic mass is 10.2. The SMILES string of the molecule is CNC(=O)[C@@H](C)[NH+](C)Cc1ccc(Br)s1. The molecule has 0 radical (unpaired) electrons. The van der Waals surface area contributed by atoms with Gasteiger partial charge in [-0.15, -0.1) is 11.3 Å². The predicted octanol–water partition coefficient (Wildman–Crippen LogP) is 0.660. The highest BCUT2D eigenvalue weighted by atomic mass is 79.9. The van der Waals surface area contributed by atoms with Crippen molar-refractivity contribution in [3.05, 3.63) is 20.8 Å². The number of quaternary nitrogens is 1. The van der Waals surface area contributed by atoms with Crippen LogP contribution in [-0.4, -0.2) is 26.0 Å². The summed E-state index contributed by atoms with van der Waals surface area (Å²) in [4.78, 5) is 13.9. The molecule has 2 atom stereocenters. The molecule has 1 unspecified atom stereocenters. The Kier molecular flexibility index (Phi) is 4.76. The van der Waals surface area contributed by atoms with E-state index in [-0.39, 0.29) is 11.9 Å². The Morgan fingerprint density at radius 2 is 2.33 bits per heavy atom. The molecule has 0 saturated carbocycles. The van der Waals surface area contributed by atoms with Crippen molar-refractivity contribution in [3.8, 4) is 0 Å². The average Bonchev–Trinajstić information content (AvgIpc) is 2.61. The van der Waals surface area contributed by atoms with Crippen molar-refractivity contribution >= 4 is 33.2 Å². The van der Waals surface area contributed by atoms with Gasteiger partial charge in [0.2, 0.25) is 0 Å². The number of carbonyl (C=O) groups is 1. The van der Waals surface area contributed by atoms with Crippen LogP contribution in [0.1, 0.15) is 11.8 Å². The lowest BCUT2D eigenvalue weighted by Crippen LogP contribution is -3.12. The van der Waals surface area contributed by atoms with Gasteiger partial charge in [-0.05, 0) is 35.0 Å². The maximum absolute atomic E-state index is 11.4. The normalized spacial score (nSPS) is 14.7. The molecule has 0 saturated heterocycles. The number of thiophene rings is 1. The van der Waals surface area contributed by atoms with Crippen LogP contribution in [0.3, 0.4) is 0 Å². The number of hydrogen-bond acceptors (Lipinski definition) is 2. The second-order valence-corrected chi connectivity index (χ2v) is 6.11. The highest BCUT2D eigenvalue weighted by Gasteiger charge is 2.20. The number of likely N-dealkylation sites (N-methyl/N-ethyl adjacent to an activating group) is 2. The van der Waals surface area contributed by atoms with E-state index in [1.165, 1.54) is 9.78 Å². The fourth-order valence-electron chi connectivity index (χ4n) is 1.31. The highest BCUT2D eigenvalue weighted by molar-refractivity contribution is 9.11. The summed E-state index contributed by atoms with van der Waals surface area (Å²) in [7, 11) is 3.71. The first kappa shape index (κ1) is 12.7. The lowest BCUT2D eigenvalue weighted by Gasteiger charge is -2.19. The molecule has 1 rings (SSSR count). The topological polar surface area (TPSA) is 33.5 Å². The monoisotopic (exact) mass is 291 g/mol. The van der Waals surface area contributed by atoms with Gasteiger partial charge < -0.3 is 10.2 Å². The van der Waals surface area contributed by atoms with Crippen molar-refractivity contribution in [3.63, 3.8) is 0 Å². The molecule has 1 heterocycles. The molecule has 15 heavy (non-hydrogen) atoms. The Labute approximate surface area is 103 Å². The number of nitrogens with one attached hydrogen (secondary N) is 2. The van der Waals surface area contributed by atoms with Gasteiger partial charge >= 0.3 is 0 Å². The standard InChI is InChI=1S/C10H15BrN2OS/c1-7(10(14)12-2)13(3)6-8-4-5-9(11)15-8/h4-5,7H,6H2,1-3H3,(H,12,14)/p+1/t7-/m1/s1. The van der Waals surface area contributed by atoms with Crippen molar-refractivity contribution in [2.45, 2.75) is 19.5 Å². The Bertz CT molecular complexity index is 340. The van der Waals surface area contributed by atoms with Crippen LogP contribution in [0.4, 0.5) is 0 Å². The second-order valence-electron chi connectivity index (χ2n) is 3.56. The van der Waals surface area contributed by atoms with Crippen LogP contribution in [0.2, 0.25) is 0 Å². The van der Waals surface area contributed by atoms with Crippen LogP contribution in [0.25, 0.3) is 0 Å². The minimum Gasteiger partial charge on any atom is -0.354 e. The Hall–Kier alpha value is -0.390. The zero-order chi connectivity index (χ0) is 11.4. The van der Waals surface area contributed by atoms with Gasteiger partial charge in [0.25, 0.3) is 5.91 Å². The zero-order valence-corrected chi connectivity index (χ0v) is 11.5. The van der Waals surface area contributed by atoms with Crippen molar-refractivity contribution in [2.24, 2.45) is 0 Å². The lowest BCUT2D eigenvalue weighted by molar-refractivity contribution is -0.907. The summed E-state index contributed by atoms with van der Waals surface area (Å²) < 4.78 is 1.14. The van der Waals surface area contributed by atoms with E-state index in [1.54, 1.807) is 18.4 Å². The molecule has 3 nitrogen and oxygen atoms in total. The molecule has 0 aliphatic rings. The van der Waals surface area contributed by atoms with E-state index < -0.39 is 0 Å². The summed E-state index contributed by atoms with van der Waals surface area (Å²) in [5.41, 5.74) is 0. The van der Waals surface area contributed by atoms with E-state index in [9.17, 15) is 4.79 Å².